The van der Waals surface area contributed by atoms with Gasteiger partial charge in [0.05, 0.1) is 6.42 Å². The van der Waals surface area contributed by atoms with Crippen LogP contribution in [0.3, 0.4) is 0 Å². The molecule has 0 heterocycles. The molecule has 0 aromatic rings. The molecule has 1 amide bonds. The fraction of sp³-hybridized carbons (Fsp3) is 0.886. The predicted octanol–water partition coefficient (Wildman–Crippen LogP) is 8.85. The Morgan fingerprint density at radius 2 is 1.77 bits per heavy atom. The molecule has 4 aliphatic carbocycles. The van der Waals surface area contributed by atoms with E-state index >= 15 is 0 Å². The Hall–Kier alpha value is -1.52. The van der Waals surface area contributed by atoms with E-state index in [1.807, 2.05) is 20.8 Å². The molecule has 3 saturated carbocycles. The lowest BCUT2D eigenvalue weighted by Gasteiger charge is -2.58. The number of rotatable bonds is 9. The van der Waals surface area contributed by atoms with E-state index in [0.717, 1.165) is 54.8 Å². The summed E-state index contributed by atoms with van der Waals surface area (Å²) in [4.78, 5) is 24.4. The van der Waals surface area contributed by atoms with E-state index in [1.54, 1.807) is 5.57 Å². The molecule has 5 nitrogen and oxygen atoms in total. The van der Waals surface area contributed by atoms with Gasteiger partial charge in [0.1, 0.15) is 11.7 Å². The van der Waals surface area contributed by atoms with Crippen molar-refractivity contribution in [1.29, 1.82) is 0 Å². The van der Waals surface area contributed by atoms with Crippen LogP contribution in [0.25, 0.3) is 0 Å². The first kappa shape index (κ1) is 31.4. The molecule has 228 valence electrons. The third-order valence-corrected chi connectivity index (χ3v) is 11.6. The van der Waals surface area contributed by atoms with Crippen molar-refractivity contribution in [3.63, 3.8) is 0 Å². The average molecular weight is 558 g/mol. The maximum absolute atomic E-state index is 12.6. The smallest absolute Gasteiger partial charge is 0.407 e. The number of esters is 1. The minimum Gasteiger partial charge on any atom is -0.462 e. The summed E-state index contributed by atoms with van der Waals surface area (Å²) in [6.45, 7) is 18.2. The molecular weight excluding hydrogens is 498 g/mol. The van der Waals surface area contributed by atoms with E-state index in [4.69, 9.17) is 9.47 Å². The summed E-state index contributed by atoms with van der Waals surface area (Å²) >= 11 is 0. The Bertz CT molecular complexity index is 934. The van der Waals surface area contributed by atoms with Crippen molar-refractivity contribution in [2.24, 2.45) is 46.3 Å². The minimum absolute atomic E-state index is 0.0405. The summed E-state index contributed by atoms with van der Waals surface area (Å²) in [5, 5.41) is 2.66. The third-order valence-electron chi connectivity index (χ3n) is 11.6. The number of alkyl carbamates (subject to hydrolysis) is 1. The van der Waals surface area contributed by atoms with Crippen LogP contribution in [0, 0.1) is 46.3 Å². The van der Waals surface area contributed by atoms with E-state index in [0.29, 0.717) is 5.41 Å². The number of nitrogens with one attached hydrogen (secondary N) is 1. The van der Waals surface area contributed by atoms with Crippen molar-refractivity contribution in [3.8, 4) is 0 Å². The highest BCUT2D eigenvalue weighted by atomic mass is 16.6. The van der Waals surface area contributed by atoms with Crippen molar-refractivity contribution < 1.29 is 19.1 Å². The Morgan fingerprint density at radius 3 is 2.48 bits per heavy atom. The summed E-state index contributed by atoms with van der Waals surface area (Å²) in [5.74, 6) is 4.79. The molecule has 1 unspecified atom stereocenters. The van der Waals surface area contributed by atoms with Gasteiger partial charge in [0.25, 0.3) is 0 Å². The van der Waals surface area contributed by atoms with Gasteiger partial charge in [0.2, 0.25) is 0 Å². The van der Waals surface area contributed by atoms with Crippen molar-refractivity contribution in [3.05, 3.63) is 11.6 Å². The van der Waals surface area contributed by atoms with Gasteiger partial charge in [-0.1, -0.05) is 65.5 Å². The van der Waals surface area contributed by atoms with Crippen LogP contribution in [0.5, 0.6) is 0 Å². The standard InChI is InChI=1S/C35H59NO4/c1-23(2)10-9-11-24(3)28-14-15-29-27-13-12-25-22-26(16-19-34(25,7)30(27)17-20-35(28,29)8)39-31(37)18-21-36-32(38)40-33(4,5)6/h12,23-24,26-30H,9-11,13-22H2,1-8H3,(H,36,38)/t24-,26?,27+,28-,29+,30+,34+,35-/m1/s1. The number of carbonyl (C=O) groups is 2. The quantitative estimate of drug-likeness (QED) is 0.227. The third kappa shape index (κ3) is 6.92. The highest BCUT2D eigenvalue weighted by Gasteiger charge is 2.59. The zero-order valence-corrected chi connectivity index (χ0v) is 26.9. The van der Waals surface area contributed by atoms with Crippen molar-refractivity contribution in [2.75, 3.05) is 6.54 Å². The molecule has 0 spiro atoms. The van der Waals surface area contributed by atoms with E-state index in [1.165, 1.54) is 51.4 Å². The Morgan fingerprint density at radius 1 is 1.02 bits per heavy atom. The van der Waals surface area contributed by atoms with Crippen LogP contribution in [-0.4, -0.2) is 30.3 Å². The van der Waals surface area contributed by atoms with Gasteiger partial charge in [0.15, 0.2) is 0 Å². The van der Waals surface area contributed by atoms with Crippen LogP contribution < -0.4 is 5.32 Å². The Kier molecular flexibility index (Phi) is 9.72. The van der Waals surface area contributed by atoms with Crippen molar-refractivity contribution in [2.45, 2.75) is 144 Å². The largest absolute Gasteiger partial charge is 0.462 e. The Labute approximate surface area is 245 Å². The molecule has 0 aromatic heterocycles. The summed E-state index contributed by atoms with van der Waals surface area (Å²) < 4.78 is 11.2. The van der Waals surface area contributed by atoms with Gasteiger partial charge in [-0.05, 0) is 112 Å². The predicted molar refractivity (Wildman–Crippen MR) is 162 cm³/mol. The molecule has 0 bridgehead atoms. The van der Waals surface area contributed by atoms with Crippen molar-refractivity contribution >= 4 is 12.1 Å². The lowest BCUT2D eigenvalue weighted by atomic mass is 9.47. The molecule has 4 aliphatic rings. The fourth-order valence-electron chi connectivity index (χ4n) is 9.58. The van der Waals surface area contributed by atoms with Crippen LogP contribution >= 0.6 is 0 Å². The molecule has 0 aliphatic heterocycles. The summed E-state index contributed by atoms with van der Waals surface area (Å²) in [6, 6.07) is 0. The summed E-state index contributed by atoms with van der Waals surface area (Å²) in [6.07, 6.45) is 16.1. The SMILES string of the molecule is CC(C)CCC[C@@H](C)[C@H]1CC[C@H]2[C@@H]3CC=C4CC(OC(=O)CCNC(=O)OC(C)(C)C)CC[C@]4(C)[C@H]3CC[C@]12C. The number of hydrogen-bond donors (Lipinski definition) is 1. The first-order valence-corrected chi connectivity index (χ1v) is 16.6. The van der Waals surface area contributed by atoms with Crippen LogP contribution in [0.4, 0.5) is 4.79 Å². The topological polar surface area (TPSA) is 64.6 Å². The molecule has 5 heteroatoms. The molecule has 0 saturated heterocycles. The molecular formula is C35H59NO4. The lowest BCUT2D eigenvalue weighted by Crippen LogP contribution is -2.51. The van der Waals surface area contributed by atoms with E-state index in [2.05, 4.69) is 46.0 Å². The van der Waals surface area contributed by atoms with Gasteiger partial charge in [-0.15, -0.1) is 0 Å². The minimum atomic E-state index is -0.548. The van der Waals surface area contributed by atoms with Gasteiger partial charge in [-0.3, -0.25) is 4.79 Å². The maximum Gasteiger partial charge on any atom is 0.407 e. The van der Waals surface area contributed by atoms with Crippen LogP contribution in [0.1, 0.15) is 132 Å². The lowest BCUT2D eigenvalue weighted by molar-refractivity contribution is -0.151. The molecule has 0 radical (unpaired) electrons. The zero-order valence-electron chi connectivity index (χ0n) is 26.9. The molecule has 0 aromatic carbocycles. The first-order chi connectivity index (χ1) is 18.7. The molecule has 8 atom stereocenters. The molecule has 3 fully saturated rings. The van der Waals surface area contributed by atoms with Gasteiger partial charge in [0, 0.05) is 13.0 Å². The summed E-state index contributed by atoms with van der Waals surface area (Å²) in [5.41, 5.74) is 1.77. The van der Waals surface area contributed by atoms with Crippen molar-refractivity contribution in [1.82, 2.24) is 5.32 Å². The highest BCUT2D eigenvalue weighted by Crippen LogP contribution is 2.67. The van der Waals surface area contributed by atoms with E-state index < -0.39 is 11.7 Å². The van der Waals surface area contributed by atoms with Gasteiger partial charge >= 0.3 is 12.1 Å². The highest BCUT2D eigenvalue weighted by molar-refractivity contribution is 5.72. The second-order valence-corrected chi connectivity index (χ2v) is 15.8. The van der Waals surface area contributed by atoms with Crippen LogP contribution in [0.15, 0.2) is 11.6 Å². The average Bonchev–Trinajstić information content (AvgIpc) is 3.20. The van der Waals surface area contributed by atoms with Gasteiger partial charge < -0.3 is 14.8 Å². The Balaban J connectivity index is 1.31. The zero-order chi connectivity index (χ0) is 29.3. The number of allylic oxidation sites excluding steroid dienone is 1. The second kappa shape index (κ2) is 12.4. The monoisotopic (exact) mass is 557 g/mol. The number of amides is 1. The second-order valence-electron chi connectivity index (χ2n) is 15.8. The first-order valence-electron chi connectivity index (χ1n) is 16.6. The molecule has 4 rings (SSSR count). The number of hydrogen-bond acceptors (Lipinski definition) is 4. The number of carbonyl (C=O) groups excluding carboxylic acids is 2. The summed E-state index contributed by atoms with van der Waals surface area (Å²) in [7, 11) is 0. The number of ether oxygens (including phenoxy) is 2. The molecule has 1 N–H and O–H groups in total. The van der Waals surface area contributed by atoms with E-state index in [9.17, 15) is 9.59 Å². The molecule has 40 heavy (non-hydrogen) atoms. The van der Waals surface area contributed by atoms with Crippen LogP contribution in [0.2, 0.25) is 0 Å². The maximum atomic E-state index is 12.6. The van der Waals surface area contributed by atoms with Crippen LogP contribution in [-0.2, 0) is 14.3 Å². The normalized spacial score (nSPS) is 36.1. The van der Waals surface area contributed by atoms with E-state index in [-0.39, 0.29) is 30.5 Å². The van der Waals surface area contributed by atoms with Gasteiger partial charge in [-0.2, -0.15) is 0 Å². The number of fused-ring (bicyclic) bond motifs is 5. The fourth-order valence-corrected chi connectivity index (χ4v) is 9.58. The van der Waals surface area contributed by atoms with Gasteiger partial charge in [-0.25, -0.2) is 4.79 Å².